The van der Waals surface area contributed by atoms with E-state index in [0.29, 0.717) is 0 Å². The van der Waals surface area contributed by atoms with Gasteiger partial charge in [0, 0.05) is 19.4 Å². The van der Waals surface area contributed by atoms with Gasteiger partial charge in [0.25, 0.3) is 0 Å². The molecular weight excluding hydrogens is 357 g/mol. The molecule has 96 valence electrons. The fraction of sp³-hybridized carbons (Fsp3) is 0.286. The van der Waals surface area contributed by atoms with Crippen molar-refractivity contribution < 1.29 is 4.74 Å². The van der Waals surface area contributed by atoms with Crippen LogP contribution in [0.4, 0.5) is 0 Å². The monoisotopic (exact) mass is 373 g/mol. The third-order valence-corrected chi connectivity index (χ3v) is 4.38. The van der Waals surface area contributed by atoms with E-state index in [4.69, 9.17) is 10.5 Å². The lowest BCUT2D eigenvalue weighted by atomic mass is 10.1. The van der Waals surface area contributed by atoms with E-state index in [-0.39, 0.29) is 12.1 Å². The van der Waals surface area contributed by atoms with E-state index >= 15 is 0 Å². The van der Waals surface area contributed by atoms with E-state index in [2.05, 4.69) is 41.6 Å². The first-order valence-corrected chi connectivity index (χ1v) is 7.70. The van der Waals surface area contributed by atoms with Crippen molar-refractivity contribution in [1.82, 2.24) is 0 Å². The third kappa shape index (κ3) is 3.46. The van der Waals surface area contributed by atoms with Crippen molar-refractivity contribution in [2.45, 2.75) is 26.0 Å². The average Bonchev–Trinajstić information content (AvgIpc) is 2.74. The van der Waals surface area contributed by atoms with Crippen LogP contribution in [0.5, 0.6) is 5.75 Å². The van der Waals surface area contributed by atoms with Crippen LogP contribution in [0, 0.1) is 10.5 Å². The van der Waals surface area contributed by atoms with Crippen LogP contribution >= 0.6 is 33.9 Å². The Kier molecular flexibility index (Phi) is 4.64. The molecule has 2 unspecified atom stereocenters. The Balaban J connectivity index is 2.19. The highest BCUT2D eigenvalue weighted by Gasteiger charge is 2.19. The first kappa shape index (κ1) is 13.8. The minimum atomic E-state index is -0.0799. The van der Waals surface area contributed by atoms with Crippen LogP contribution in [0.1, 0.15) is 22.8 Å². The van der Waals surface area contributed by atoms with Crippen LogP contribution in [-0.2, 0) is 0 Å². The lowest BCUT2D eigenvalue weighted by Crippen LogP contribution is -2.28. The normalized spacial score (nSPS) is 14.2. The van der Waals surface area contributed by atoms with Crippen molar-refractivity contribution in [2.75, 3.05) is 0 Å². The second-order valence-corrected chi connectivity index (χ2v) is 6.87. The molecule has 0 aliphatic carbocycles. The van der Waals surface area contributed by atoms with Crippen LogP contribution < -0.4 is 10.5 Å². The van der Waals surface area contributed by atoms with Gasteiger partial charge in [0.15, 0.2) is 0 Å². The molecule has 1 aromatic carbocycles. The van der Waals surface area contributed by atoms with Gasteiger partial charge in [-0.15, -0.1) is 11.3 Å². The molecule has 2 N–H and O–H groups in total. The summed E-state index contributed by atoms with van der Waals surface area (Å²) < 4.78 is 7.21. The minimum Gasteiger partial charge on any atom is -0.483 e. The molecule has 2 aromatic rings. The maximum atomic E-state index is 6.04. The van der Waals surface area contributed by atoms with Crippen LogP contribution in [-0.4, -0.2) is 6.04 Å². The Bertz CT molecular complexity index is 507. The molecule has 0 aliphatic rings. The molecule has 0 radical (unpaired) electrons. The maximum Gasteiger partial charge on any atom is 0.148 e. The standard InChI is InChI=1S/C14H16INOS/c1-9-3-8-13(18-9)14(10(2)16)17-12-6-4-11(15)5-7-12/h3-8,10,14H,16H2,1-2H3. The summed E-state index contributed by atoms with van der Waals surface area (Å²) in [4.78, 5) is 2.46. The molecule has 0 bridgehead atoms. The second-order valence-electron chi connectivity index (χ2n) is 4.30. The van der Waals surface area contributed by atoms with Crippen LogP contribution in [0.3, 0.4) is 0 Å². The Morgan fingerprint density at radius 3 is 2.33 bits per heavy atom. The number of hydrogen-bond donors (Lipinski definition) is 1. The third-order valence-electron chi connectivity index (χ3n) is 2.60. The van der Waals surface area contributed by atoms with Crippen molar-refractivity contribution in [3.63, 3.8) is 0 Å². The molecule has 4 heteroatoms. The molecule has 0 saturated carbocycles. The van der Waals surface area contributed by atoms with E-state index in [1.165, 1.54) is 13.3 Å². The van der Waals surface area contributed by atoms with Crippen LogP contribution in [0.15, 0.2) is 36.4 Å². The number of hydrogen-bond acceptors (Lipinski definition) is 3. The van der Waals surface area contributed by atoms with E-state index in [0.717, 1.165) is 5.75 Å². The number of ether oxygens (including phenoxy) is 1. The lowest BCUT2D eigenvalue weighted by molar-refractivity contribution is 0.184. The van der Waals surface area contributed by atoms with Crippen molar-refractivity contribution in [3.8, 4) is 5.75 Å². The molecule has 1 heterocycles. The van der Waals surface area contributed by atoms with Crippen molar-refractivity contribution >= 4 is 33.9 Å². The molecule has 2 atom stereocenters. The predicted molar refractivity (Wildman–Crippen MR) is 85.2 cm³/mol. The molecule has 1 aromatic heterocycles. The van der Waals surface area contributed by atoms with E-state index < -0.39 is 0 Å². The summed E-state index contributed by atoms with van der Waals surface area (Å²) in [5.74, 6) is 0.865. The van der Waals surface area contributed by atoms with Gasteiger partial charge in [-0.2, -0.15) is 0 Å². The van der Waals surface area contributed by atoms with Gasteiger partial charge in [-0.05, 0) is 72.8 Å². The molecule has 0 fully saturated rings. The van der Waals surface area contributed by atoms with Gasteiger partial charge in [0.1, 0.15) is 11.9 Å². The number of halogens is 1. The molecule has 2 nitrogen and oxygen atoms in total. The predicted octanol–water partition coefficient (Wildman–Crippen LogP) is 4.13. The summed E-state index contributed by atoms with van der Waals surface area (Å²) in [6.45, 7) is 4.07. The summed E-state index contributed by atoms with van der Waals surface area (Å²) in [5, 5.41) is 0. The highest BCUT2D eigenvalue weighted by atomic mass is 127. The Labute approximate surface area is 125 Å². The number of nitrogens with two attached hydrogens (primary N) is 1. The zero-order chi connectivity index (χ0) is 13.1. The van der Waals surface area contributed by atoms with Gasteiger partial charge in [0.2, 0.25) is 0 Å². The van der Waals surface area contributed by atoms with E-state index in [1.807, 2.05) is 31.2 Å². The lowest BCUT2D eigenvalue weighted by Gasteiger charge is -2.21. The SMILES string of the molecule is Cc1ccc(C(Oc2ccc(I)cc2)C(C)N)s1. The second kappa shape index (κ2) is 6.04. The molecule has 2 rings (SSSR count). The maximum absolute atomic E-state index is 6.04. The number of rotatable bonds is 4. The van der Waals surface area contributed by atoms with Crippen LogP contribution in [0.2, 0.25) is 0 Å². The first-order valence-electron chi connectivity index (χ1n) is 5.80. The summed E-state index contributed by atoms with van der Waals surface area (Å²) in [6.07, 6.45) is -0.0799. The molecule has 0 spiro atoms. The highest BCUT2D eigenvalue weighted by Crippen LogP contribution is 2.29. The first-order chi connectivity index (χ1) is 8.56. The van der Waals surface area contributed by atoms with Gasteiger partial charge in [0.05, 0.1) is 0 Å². The summed E-state index contributed by atoms with van der Waals surface area (Å²) in [7, 11) is 0. The van der Waals surface area contributed by atoms with Crippen molar-refractivity contribution in [1.29, 1.82) is 0 Å². The number of thiophene rings is 1. The summed E-state index contributed by atoms with van der Waals surface area (Å²) >= 11 is 4.02. The fourth-order valence-corrected chi connectivity index (χ4v) is 3.07. The molecule has 0 amide bonds. The van der Waals surface area contributed by atoms with Gasteiger partial charge in [-0.3, -0.25) is 0 Å². The molecular formula is C14H16INOS. The Morgan fingerprint density at radius 2 is 1.83 bits per heavy atom. The fourth-order valence-electron chi connectivity index (χ4n) is 1.69. The number of benzene rings is 1. The smallest absolute Gasteiger partial charge is 0.148 e. The van der Waals surface area contributed by atoms with Gasteiger partial charge in [-0.25, -0.2) is 0 Å². The average molecular weight is 373 g/mol. The minimum absolute atomic E-state index is 0.0395. The highest BCUT2D eigenvalue weighted by molar-refractivity contribution is 14.1. The largest absolute Gasteiger partial charge is 0.483 e. The molecule has 0 saturated heterocycles. The Hall–Kier alpha value is -0.590. The quantitative estimate of drug-likeness (QED) is 0.818. The van der Waals surface area contributed by atoms with Gasteiger partial charge >= 0.3 is 0 Å². The summed E-state index contributed by atoms with van der Waals surface area (Å²) in [5.41, 5.74) is 6.04. The van der Waals surface area contributed by atoms with Crippen LogP contribution in [0.25, 0.3) is 0 Å². The van der Waals surface area contributed by atoms with E-state index in [9.17, 15) is 0 Å². The topological polar surface area (TPSA) is 35.2 Å². The van der Waals surface area contributed by atoms with Crippen molar-refractivity contribution in [3.05, 3.63) is 49.7 Å². The summed E-state index contributed by atoms with van der Waals surface area (Å²) in [6, 6.07) is 12.2. The van der Waals surface area contributed by atoms with Gasteiger partial charge < -0.3 is 10.5 Å². The van der Waals surface area contributed by atoms with Gasteiger partial charge in [-0.1, -0.05) is 0 Å². The zero-order valence-corrected chi connectivity index (χ0v) is 13.4. The van der Waals surface area contributed by atoms with Crippen molar-refractivity contribution in [2.24, 2.45) is 5.73 Å². The molecule has 18 heavy (non-hydrogen) atoms. The molecule has 0 aliphatic heterocycles. The number of aryl methyl sites for hydroxylation is 1. The Morgan fingerprint density at radius 1 is 1.17 bits per heavy atom. The zero-order valence-electron chi connectivity index (χ0n) is 10.4. The van der Waals surface area contributed by atoms with E-state index in [1.54, 1.807) is 11.3 Å².